The summed E-state index contributed by atoms with van der Waals surface area (Å²) in [6, 6.07) is 0. The molecule has 5 heteroatoms. The number of rotatable bonds is 0. The van der Waals surface area contributed by atoms with Crippen LogP contribution in [0.25, 0.3) is 0 Å². The number of hydrogen-bond donors (Lipinski definition) is 2. The summed E-state index contributed by atoms with van der Waals surface area (Å²) < 4.78 is 13.1. The first-order valence-electron chi connectivity index (χ1n) is 13.0. The van der Waals surface area contributed by atoms with Crippen LogP contribution in [-0.2, 0) is 14.3 Å². The molecule has 0 aromatic rings. The Hall–Kier alpha value is -0.750. The Morgan fingerprint density at radius 3 is 2.59 bits per heavy atom. The Labute approximate surface area is 191 Å². The Morgan fingerprint density at radius 2 is 1.88 bits per heavy atom. The van der Waals surface area contributed by atoms with Crippen LogP contribution in [0.5, 0.6) is 0 Å². The lowest BCUT2D eigenvalue weighted by Crippen LogP contribution is -2.57. The van der Waals surface area contributed by atoms with Crippen LogP contribution >= 0.6 is 0 Å². The van der Waals surface area contributed by atoms with Gasteiger partial charge in [0.2, 0.25) is 0 Å². The van der Waals surface area contributed by atoms with Gasteiger partial charge in [-0.25, -0.2) is 0 Å². The molecule has 2 aliphatic heterocycles. The first-order valence-corrected chi connectivity index (χ1v) is 13.0. The normalized spacial score (nSPS) is 59.2. The van der Waals surface area contributed by atoms with Crippen LogP contribution in [0.3, 0.4) is 0 Å². The number of Topliss-reactive ketones (excluding diaryl/α,β-unsaturated/α-hetero) is 1. The van der Waals surface area contributed by atoms with Crippen molar-refractivity contribution in [2.75, 3.05) is 6.61 Å². The van der Waals surface area contributed by atoms with Crippen molar-refractivity contribution in [1.29, 1.82) is 0 Å². The van der Waals surface area contributed by atoms with Gasteiger partial charge < -0.3 is 19.7 Å². The van der Waals surface area contributed by atoms with Gasteiger partial charge in [0.25, 0.3) is 0 Å². The van der Waals surface area contributed by atoms with Crippen molar-refractivity contribution in [1.82, 2.24) is 0 Å². The molecule has 6 aliphatic rings. The molecule has 12 atom stereocenters. The van der Waals surface area contributed by atoms with E-state index in [1.165, 1.54) is 5.57 Å². The van der Waals surface area contributed by atoms with Gasteiger partial charge in [-0.2, -0.15) is 0 Å². The van der Waals surface area contributed by atoms with Crippen molar-refractivity contribution in [3.63, 3.8) is 0 Å². The van der Waals surface area contributed by atoms with Gasteiger partial charge in [-0.1, -0.05) is 39.3 Å². The first kappa shape index (κ1) is 21.8. The zero-order valence-corrected chi connectivity index (χ0v) is 20.0. The standard InChI is InChI=1S/C27H40O5/c1-14-7-8-27(31-13-14)15(2)24-22(32-27)10-19-17-6-5-16-9-20(28)21(29)12-25(16,3)18(17)11-23(30)26(19,24)4/h5,14-15,17-22,24,28-29H,6-13H2,1-4H3/t14-,15-,17+,18-,19-,20-,21-,22+,24-,25-,26-,27+/m0/s1. The molecule has 2 saturated heterocycles. The van der Waals surface area contributed by atoms with Crippen LogP contribution in [0.4, 0.5) is 0 Å². The third-order valence-electron chi connectivity index (χ3n) is 11.3. The van der Waals surface area contributed by atoms with Gasteiger partial charge in [0.05, 0.1) is 24.9 Å². The Kier molecular flexibility index (Phi) is 4.69. The molecule has 0 aromatic heterocycles. The minimum Gasteiger partial charge on any atom is -0.390 e. The summed E-state index contributed by atoms with van der Waals surface area (Å²) in [6.07, 6.45) is 6.77. The van der Waals surface area contributed by atoms with Crippen LogP contribution in [0.15, 0.2) is 11.6 Å². The summed E-state index contributed by atoms with van der Waals surface area (Å²) in [5, 5.41) is 20.8. The number of aliphatic hydroxyl groups excluding tert-OH is 2. The monoisotopic (exact) mass is 444 g/mol. The fourth-order valence-corrected chi connectivity index (χ4v) is 9.38. The van der Waals surface area contributed by atoms with Crippen LogP contribution in [0.2, 0.25) is 0 Å². The van der Waals surface area contributed by atoms with Crippen LogP contribution in [-0.4, -0.2) is 46.7 Å². The number of ether oxygens (including phenoxy) is 2. The molecule has 0 bridgehead atoms. The number of aliphatic hydroxyl groups is 2. The quantitative estimate of drug-likeness (QED) is 0.555. The third kappa shape index (κ3) is 2.63. The number of ketones is 1. The highest BCUT2D eigenvalue weighted by molar-refractivity contribution is 5.87. The highest BCUT2D eigenvalue weighted by Crippen LogP contribution is 2.69. The molecule has 2 heterocycles. The highest BCUT2D eigenvalue weighted by Gasteiger charge is 2.71. The molecule has 6 rings (SSSR count). The largest absolute Gasteiger partial charge is 0.390 e. The number of allylic oxidation sites excluding steroid dienone is 1. The zero-order valence-electron chi connectivity index (χ0n) is 20.0. The molecule has 4 aliphatic carbocycles. The summed E-state index contributed by atoms with van der Waals surface area (Å²) in [5.74, 6) is 1.95. The molecule has 32 heavy (non-hydrogen) atoms. The minimum atomic E-state index is -0.698. The van der Waals surface area contributed by atoms with Crippen molar-refractivity contribution >= 4 is 5.78 Å². The second kappa shape index (κ2) is 6.90. The molecule has 0 aromatic carbocycles. The Bertz CT molecular complexity index is 843. The molecule has 1 spiro atoms. The lowest BCUT2D eigenvalue weighted by molar-refractivity contribution is -0.272. The fraction of sp³-hybridized carbons (Fsp3) is 0.889. The molecular formula is C27H40O5. The van der Waals surface area contributed by atoms with Gasteiger partial charge in [0, 0.05) is 30.1 Å². The number of fused-ring (bicyclic) bond motifs is 7. The van der Waals surface area contributed by atoms with E-state index >= 15 is 0 Å². The van der Waals surface area contributed by atoms with E-state index in [-0.39, 0.29) is 34.7 Å². The highest BCUT2D eigenvalue weighted by atomic mass is 16.7. The molecule has 3 saturated carbocycles. The van der Waals surface area contributed by atoms with E-state index in [1.807, 2.05) is 0 Å². The molecule has 2 N–H and O–H groups in total. The average molecular weight is 445 g/mol. The molecule has 0 unspecified atom stereocenters. The van der Waals surface area contributed by atoms with Gasteiger partial charge >= 0.3 is 0 Å². The van der Waals surface area contributed by atoms with Crippen LogP contribution < -0.4 is 0 Å². The number of hydrogen-bond acceptors (Lipinski definition) is 5. The second-order valence-corrected chi connectivity index (χ2v) is 12.7. The predicted octanol–water partition coefficient (Wildman–Crippen LogP) is 3.86. The maximum absolute atomic E-state index is 14.0. The van der Waals surface area contributed by atoms with E-state index in [4.69, 9.17) is 9.47 Å². The van der Waals surface area contributed by atoms with Crippen molar-refractivity contribution in [2.45, 2.75) is 96.7 Å². The van der Waals surface area contributed by atoms with Gasteiger partial charge in [-0.15, -0.1) is 0 Å². The smallest absolute Gasteiger partial charge is 0.171 e. The van der Waals surface area contributed by atoms with E-state index in [1.54, 1.807) is 0 Å². The van der Waals surface area contributed by atoms with Gasteiger partial charge in [-0.05, 0) is 61.2 Å². The Balaban J connectivity index is 1.33. The van der Waals surface area contributed by atoms with E-state index in [9.17, 15) is 15.0 Å². The van der Waals surface area contributed by atoms with Crippen molar-refractivity contribution in [3.8, 4) is 0 Å². The molecule has 5 fully saturated rings. The van der Waals surface area contributed by atoms with Crippen molar-refractivity contribution in [3.05, 3.63) is 11.6 Å². The van der Waals surface area contributed by atoms with Gasteiger partial charge in [0.15, 0.2) is 5.79 Å². The zero-order chi connectivity index (χ0) is 22.6. The fourth-order valence-electron chi connectivity index (χ4n) is 9.38. The van der Waals surface area contributed by atoms with Crippen molar-refractivity contribution < 1.29 is 24.5 Å². The predicted molar refractivity (Wildman–Crippen MR) is 119 cm³/mol. The van der Waals surface area contributed by atoms with Gasteiger partial charge in [-0.3, -0.25) is 4.79 Å². The van der Waals surface area contributed by atoms with Crippen LogP contribution in [0.1, 0.15) is 72.6 Å². The Morgan fingerprint density at radius 1 is 1.09 bits per heavy atom. The summed E-state index contributed by atoms with van der Waals surface area (Å²) in [5.41, 5.74) is 0.724. The lowest BCUT2D eigenvalue weighted by Gasteiger charge is -2.58. The maximum atomic E-state index is 14.0. The van der Waals surface area contributed by atoms with E-state index in [0.717, 1.165) is 32.3 Å². The molecule has 178 valence electrons. The molecular weight excluding hydrogens is 404 g/mol. The summed E-state index contributed by atoms with van der Waals surface area (Å²) in [7, 11) is 0. The topological polar surface area (TPSA) is 76.0 Å². The maximum Gasteiger partial charge on any atom is 0.171 e. The summed E-state index contributed by atoms with van der Waals surface area (Å²) >= 11 is 0. The van der Waals surface area contributed by atoms with Gasteiger partial charge in [0.1, 0.15) is 5.78 Å². The second-order valence-electron chi connectivity index (χ2n) is 12.7. The number of carbonyl (C=O) groups is 1. The lowest BCUT2D eigenvalue weighted by atomic mass is 9.46. The SMILES string of the molecule is C[C@H]1CC[C@@]2(OC1)O[C@@H]1C[C@H]3[C@@H]4CC=C5C[C@H](O)[C@@H](O)C[C@]5(C)[C@H]4CC(=O)[C@@]3(C)[C@H]1[C@@H]2C. The molecule has 5 nitrogen and oxygen atoms in total. The summed E-state index contributed by atoms with van der Waals surface area (Å²) in [6.45, 7) is 9.74. The van der Waals surface area contributed by atoms with E-state index in [0.29, 0.717) is 42.8 Å². The average Bonchev–Trinajstić information content (AvgIpc) is 3.19. The van der Waals surface area contributed by atoms with Crippen molar-refractivity contribution in [2.24, 2.45) is 46.3 Å². The van der Waals surface area contributed by atoms with Crippen LogP contribution in [0, 0.1) is 46.3 Å². The summed E-state index contributed by atoms with van der Waals surface area (Å²) in [4.78, 5) is 14.0. The van der Waals surface area contributed by atoms with E-state index in [2.05, 4.69) is 33.8 Å². The van der Waals surface area contributed by atoms with E-state index < -0.39 is 18.0 Å². The molecule has 0 radical (unpaired) electrons. The number of carbonyl (C=O) groups excluding carboxylic acids is 1. The third-order valence-corrected chi connectivity index (χ3v) is 11.3. The minimum absolute atomic E-state index is 0.105. The molecule has 0 amide bonds. The first-order chi connectivity index (χ1) is 15.1.